The van der Waals surface area contributed by atoms with E-state index in [-0.39, 0.29) is 11.9 Å². The van der Waals surface area contributed by atoms with E-state index in [4.69, 9.17) is 0 Å². The van der Waals surface area contributed by atoms with Gasteiger partial charge in [0, 0.05) is 34.0 Å². The molecular weight excluding hydrogens is 308 g/mol. The Morgan fingerprint density at radius 3 is 3.00 bits per heavy atom. The molecule has 0 fully saturated rings. The molecule has 0 saturated carbocycles. The maximum absolute atomic E-state index is 11.3. The molecular formula is C14H15BrN2O2. The molecule has 0 aliphatic rings. The van der Waals surface area contributed by atoms with Crippen molar-refractivity contribution in [3.05, 3.63) is 34.9 Å². The molecule has 1 N–H and O–H groups in total. The molecule has 5 heteroatoms. The van der Waals surface area contributed by atoms with Crippen LogP contribution in [0.15, 0.2) is 34.9 Å². The summed E-state index contributed by atoms with van der Waals surface area (Å²) in [5.41, 5.74) is 1.14. The topological polar surface area (TPSA) is 51.1 Å². The first-order valence-corrected chi connectivity index (χ1v) is 6.90. The van der Waals surface area contributed by atoms with Gasteiger partial charge in [-0.2, -0.15) is 0 Å². The summed E-state index contributed by atoms with van der Waals surface area (Å²) in [7, 11) is 0. The Kier molecular flexibility index (Phi) is 4.37. The van der Waals surface area contributed by atoms with E-state index in [9.17, 15) is 9.59 Å². The highest BCUT2D eigenvalue weighted by Gasteiger charge is 2.10. The second-order valence-corrected chi connectivity index (χ2v) is 5.41. The number of imide groups is 1. The Morgan fingerprint density at radius 2 is 2.26 bits per heavy atom. The number of rotatable bonds is 5. The predicted octanol–water partition coefficient (Wildman–Crippen LogP) is 3.02. The molecule has 4 nitrogen and oxygen atoms in total. The summed E-state index contributed by atoms with van der Waals surface area (Å²) in [5.74, 6) is -0.235. The van der Waals surface area contributed by atoms with Crippen LogP contribution in [0.4, 0.5) is 0 Å². The number of benzene rings is 1. The van der Waals surface area contributed by atoms with Gasteiger partial charge in [0.25, 0.3) is 0 Å². The number of aromatic nitrogens is 1. The number of nitrogens with zero attached hydrogens (tertiary/aromatic N) is 1. The van der Waals surface area contributed by atoms with Crippen molar-refractivity contribution in [2.24, 2.45) is 0 Å². The van der Waals surface area contributed by atoms with Crippen molar-refractivity contribution < 1.29 is 9.59 Å². The van der Waals surface area contributed by atoms with Gasteiger partial charge in [-0.05, 0) is 37.6 Å². The van der Waals surface area contributed by atoms with Crippen LogP contribution in [0.1, 0.15) is 25.8 Å². The van der Waals surface area contributed by atoms with Crippen molar-refractivity contribution in [1.82, 2.24) is 9.88 Å². The molecule has 2 rings (SSSR count). The van der Waals surface area contributed by atoms with Gasteiger partial charge in [-0.25, -0.2) is 0 Å². The van der Waals surface area contributed by atoms with Gasteiger partial charge in [0.2, 0.25) is 12.3 Å². The van der Waals surface area contributed by atoms with Crippen LogP contribution in [0.3, 0.4) is 0 Å². The molecule has 0 bridgehead atoms. The molecule has 1 atom stereocenters. The summed E-state index contributed by atoms with van der Waals surface area (Å²) in [4.78, 5) is 21.4. The third-order valence-electron chi connectivity index (χ3n) is 3.17. The number of carbonyl (C=O) groups is 2. The Morgan fingerprint density at radius 1 is 1.47 bits per heavy atom. The number of hydrogen-bond donors (Lipinski definition) is 1. The maximum Gasteiger partial charge on any atom is 0.226 e. The molecule has 0 aliphatic carbocycles. The molecule has 0 spiro atoms. The van der Waals surface area contributed by atoms with Gasteiger partial charge in [-0.3, -0.25) is 14.9 Å². The largest absolute Gasteiger partial charge is 0.345 e. The SMILES string of the molecule is CC(CCC(=O)NC=O)n1ccc2cc(Br)ccc21. The summed E-state index contributed by atoms with van der Waals surface area (Å²) in [6, 6.07) is 8.39. The van der Waals surface area contributed by atoms with Crippen molar-refractivity contribution in [3.63, 3.8) is 0 Å². The number of nitrogens with one attached hydrogen (secondary N) is 1. The van der Waals surface area contributed by atoms with Gasteiger partial charge >= 0.3 is 0 Å². The highest BCUT2D eigenvalue weighted by molar-refractivity contribution is 9.10. The van der Waals surface area contributed by atoms with E-state index in [0.717, 1.165) is 9.99 Å². The fourth-order valence-corrected chi connectivity index (χ4v) is 2.52. The van der Waals surface area contributed by atoms with E-state index in [0.29, 0.717) is 19.3 Å². The second kappa shape index (κ2) is 6.02. The Hall–Kier alpha value is -1.62. The van der Waals surface area contributed by atoms with Crippen LogP contribution in [0.25, 0.3) is 10.9 Å². The fourth-order valence-electron chi connectivity index (χ4n) is 2.14. The highest BCUT2D eigenvalue weighted by atomic mass is 79.9. The zero-order valence-electron chi connectivity index (χ0n) is 10.6. The molecule has 1 aromatic heterocycles. The van der Waals surface area contributed by atoms with Crippen molar-refractivity contribution in [2.45, 2.75) is 25.8 Å². The summed E-state index contributed by atoms with van der Waals surface area (Å²) in [6.07, 6.45) is 3.49. The van der Waals surface area contributed by atoms with Crippen molar-refractivity contribution >= 4 is 39.2 Å². The lowest BCUT2D eigenvalue weighted by Gasteiger charge is -2.14. The fraction of sp³-hybridized carbons (Fsp3) is 0.286. The third-order valence-corrected chi connectivity index (χ3v) is 3.66. The van der Waals surface area contributed by atoms with Crippen LogP contribution in [0.2, 0.25) is 0 Å². The normalized spacial score (nSPS) is 12.3. The van der Waals surface area contributed by atoms with E-state index < -0.39 is 0 Å². The van der Waals surface area contributed by atoms with E-state index in [1.165, 1.54) is 5.39 Å². The molecule has 1 unspecified atom stereocenters. The lowest BCUT2D eigenvalue weighted by Crippen LogP contribution is -2.21. The van der Waals surface area contributed by atoms with Crippen molar-refractivity contribution in [2.75, 3.05) is 0 Å². The van der Waals surface area contributed by atoms with Gasteiger partial charge in [-0.15, -0.1) is 0 Å². The van der Waals surface area contributed by atoms with Crippen molar-refractivity contribution in [1.29, 1.82) is 0 Å². The zero-order chi connectivity index (χ0) is 13.8. The highest BCUT2D eigenvalue weighted by Crippen LogP contribution is 2.25. The average Bonchev–Trinajstić information content (AvgIpc) is 2.79. The van der Waals surface area contributed by atoms with Crippen molar-refractivity contribution in [3.8, 4) is 0 Å². The Labute approximate surface area is 119 Å². The quantitative estimate of drug-likeness (QED) is 0.860. The maximum atomic E-state index is 11.3. The van der Waals surface area contributed by atoms with E-state index in [1.807, 2.05) is 12.3 Å². The first-order chi connectivity index (χ1) is 9.11. The average molecular weight is 323 g/mol. The molecule has 19 heavy (non-hydrogen) atoms. The lowest BCUT2D eigenvalue weighted by atomic mass is 10.1. The van der Waals surface area contributed by atoms with E-state index >= 15 is 0 Å². The smallest absolute Gasteiger partial charge is 0.226 e. The van der Waals surface area contributed by atoms with E-state index in [1.54, 1.807) is 0 Å². The van der Waals surface area contributed by atoms with Crippen LogP contribution in [-0.4, -0.2) is 16.9 Å². The van der Waals surface area contributed by atoms with Gasteiger partial charge in [0.15, 0.2) is 0 Å². The second-order valence-electron chi connectivity index (χ2n) is 4.50. The number of hydrogen-bond acceptors (Lipinski definition) is 2. The molecule has 0 radical (unpaired) electrons. The van der Waals surface area contributed by atoms with E-state index in [2.05, 4.69) is 50.9 Å². The van der Waals surface area contributed by atoms with Gasteiger partial charge < -0.3 is 4.57 Å². The van der Waals surface area contributed by atoms with Crippen LogP contribution in [0.5, 0.6) is 0 Å². The lowest BCUT2D eigenvalue weighted by molar-refractivity contribution is -0.125. The monoisotopic (exact) mass is 322 g/mol. The van der Waals surface area contributed by atoms with Crippen LogP contribution in [0, 0.1) is 0 Å². The third kappa shape index (κ3) is 3.23. The minimum atomic E-state index is -0.235. The molecule has 2 amide bonds. The molecule has 1 heterocycles. The summed E-state index contributed by atoms with van der Waals surface area (Å²) < 4.78 is 3.20. The molecule has 1 aromatic carbocycles. The molecule has 0 aliphatic heterocycles. The van der Waals surface area contributed by atoms with Gasteiger partial charge in [-0.1, -0.05) is 15.9 Å². The van der Waals surface area contributed by atoms with Crippen LogP contribution >= 0.6 is 15.9 Å². The molecule has 0 saturated heterocycles. The molecule has 2 aromatic rings. The first-order valence-electron chi connectivity index (χ1n) is 6.11. The number of carbonyl (C=O) groups excluding carboxylic acids is 2. The minimum Gasteiger partial charge on any atom is -0.345 e. The summed E-state index contributed by atoms with van der Waals surface area (Å²) in [6.45, 7) is 2.07. The van der Waals surface area contributed by atoms with Gasteiger partial charge in [0.05, 0.1) is 0 Å². The minimum absolute atomic E-state index is 0.205. The zero-order valence-corrected chi connectivity index (χ0v) is 12.2. The summed E-state index contributed by atoms with van der Waals surface area (Å²) in [5, 5.41) is 3.32. The predicted molar refractivity (Wildman–Crippen MR) is 77.8 cm³/mol. The number of fused-ring (bicyclic) bond motifs is 1. The summed E-state index contributed by atoms with van der Waals surface area (Å²) >= 11 is 3.45. The van der Waals surface area contributed by atoms with Crippen LogP contribution < -0.4 is 5.32 Å². The molecule has 100 valence electrons. The standard InChI is InChI=1S/C14H15BrN2O2/c1-10(2-5-14(19)16-9-18)17-7-6-11-8-12(15)3-4-13(11)17/h3-4,6-10H,2,5H2,1H3,(H,16,18,19). The first kappa shape index (κ1) is 13.8. The van der Waals surface area contributed by atoms with Crippen LogP contribution in [-0.2, 0) is 9.59 Å². The number of amides is 2. The Bertz CT molecular complexity index is 607. The van der Waals surface area contributed by atoms with Gasteiger partial charge in [0.1, 0.15) is 0 Å². The number of halogens is 1. The Balaban J connectivity index is 2.11.